The van der Waals surface area contributed by atoms with E-state index in [-0.39, 0.29) is 12.5 Å². The van der Waals surface area contributed by atoms with E-state index in [1.54, 1.807) is 36.7 Å². The maximum absolute atomic E-state index is 11.4. The van der Waals surface area contributed by atoms with E-state index in [0.717, 1.165) is 10.8 Å². The van der Waals surface area contributed by atoms with Crippen molar-refractivity contribution in [3.63, 3.8) is 0 Å². The van der Waals surface area contributed by atoms with Crippen molar-refractivity contribution >= 4 is 35.9 Å². The molecule has 3 heterocycles. The fraction of sp³-hybridized carbons (Fsp3) is 0.118. The number of hydrogen-bond acceptors (Lipinski definition) is 7. The monoisotopic (exact) mass is 334 g/mol. The molecule has 124 valence electrons. The largest absolute Gasteiger partial charge is 0.491 e. The molecule has 0 aliphatic carbocycles. The van der Waals surface area contributed by atoms with Crippen LogP contribution in [0.25, 0.3) is 5.57 Å². The van der Waals surface area contributed by atoms with Crippen LogP contribution in [0.15, 0.2) is 63.1 Å². The number of carbonyl (C=O) groups excluding carboxylic acids is 1. The van der Waals surface area contributed by atoms with Crippen LogP contribution in [0, 0.1) is 0 Å². The minimum Gasteiger partial charge on any atom is -0.491 e. The van der Waals surface area contributed by atoms with E-state index in [4.69, 9.17) is 4.74 Å². The second kappa shape index (κ2) is 8.34. The fourth-order valence-electron chi connectivity index (χ4n) is 2.05. The third-order valence-electron chi connectivity index (χ3n) is 3.12. The zero-order chi connectivity index (χ0) is 17.3. The van der Waals surface area contributed by atoms with Gasteiger partial charge in [-0.2, -0.15) is 0 Å². The quantitative estimate of drug-likeness (QED) is 0.678. The molecule has 0 spiro atoms. The van der Waals surface area contributed by atoms with Crippen molar-refractivity contribution in [3.05, 3.63) is 53.8 Å². The van der Waals surface area contributed by atoms with Gasteiger partial charge < -0.3 is 4.74 Å². The number of aliphatic imine (C=N–C) groups is 3. The number of nitrogens with zero attached hydrogens (tertiary/aromatic N) is 6. The Kier molecular flexibility index (Phi) is 5.44. The molecule has 0 radical (unpaired) electrons. The molecular weight excluding hydrogens is 320 g/mol. The molecule has 8 heteroatoms. The van der Waals surface area contributed by atoms with Crippen molar-refractivity contribution in [1.82, 2.24) is 9.97 Å². The van der Waals surface area contributed by atoms with Crippen LogP contribution in [-0.4, -0.2) is 47.7 Å². The van der Waals surface area contributed by atoms with Gasteiger partial charge in [0.25, 0.3) is 5.91 Å². The van der Waals surface area contributed by atoms with Gasteiger partial charge in [-0.25, -0.2) is 20.0 Å². The summed E-state index contributed by atoms with van der Waals surface area (Å²) in [6, 6.07) is 0. The minimum atomic E-state index is -0.385. The molecule has 0 N–H and O–H groups in total. The lowest BCUT2D eigenvalue weighted by molar-refractivity contribution is -0.120. The van der Waals surface area contributed by atoms with Crippen molar-refractivity contribution in [2.24, 2.45) is 20.0 Å². The van der Waals surface area contributed by atoms with Gasteiger partial charge >= 0.3 is 0 Å². The average Bonchev–Trinajstić information content (AvgIpc) is 3.03. The highest BCUT2D eigenvalue weighted by molar-refractivity contribution is 6.04. The number of hydrogen-bond donors (Lipinski definition) is 0. The summed E-state index contributed by atoms with van der Waals surface area (Å²) in [6.45, 7) is 0.342. The Morgan fingerprint density at radius 2 is 1.92 bits per heavy atom. The van der Waals surface area contributed by atoms with Crippen LogP contribution in [0.1, 0.15) is 0 Å². The molecule has 0 atom stereocenters. The Bertz CT molecular complexity index is 954. The van der Waals surface area contributed by atoms with Gasteiger partial charge in [-0.3, -0.25) is 14.8 Å². The first-order valence-electron chi connectivity index (χ1n) is 7.46. The molecule has 0 fully saturated rings. The molecule has 0 saturated heterocycles. The van der Waals surface area contributed by atoms with E-state index in [0.29, 0.717) is 17.9 Å². The van der Waals surface area contributed by atoms with Gasteiger partial charge in [0, 0.05) is 30.4 Å². The molecule has 0 bridgehead atoms. The summed E-state index contributed by atoms with van der Waals surface area (Å²) in [4.78, 5) is 36.4. The maximum Gasteiger partial charge on any atom is 0.283 e. The van der Waals surface area contributed by atoms with E-state index < -0.39 is 0 Å². The van der Waals surface area contributed by atoms with Gasteiger partial charge in [0.2, 0.25) is 0 Å². The van der Waals surface area contributed by atoms with Crippen molar-refractivity contribution < 1.29 is 9.53 Å². The summed E-state index contributed by atoms with van der Waals surface area (Å²) in [5, 5.41) is 0.771. The van der Waals surface area contributed by atoms with Crippen LogP contribution in [0.5, 0.6) is 0 Å². The van der Waals surface area contributed by atoms with Crippen LogP contribution in [0.4, 0.5) is 5.82 Å². The zero-order valence-electron chi connectivity index (χ0n) is 13.2. The standard InChI is InChI=1S/C17H14N6O2/c24-14-11-25-8-3-1-2-6-20-16-15-13(9-18-5-4-7-19-14)10-21-17(15)23-12-22-16/h1-9,12H,10-11H2/b2-1-,5-4-,8-3-,18-9-,19-7-,20-6-. The van der Waals surface area contributed by atoms with E-state index >= 15 is 0 Å². The van der Waals surface area contributed by atoms with Gasteiger partial charge in [-0.15, -0.1) is 0 Å². The van der Waals surface area contributed by atoms with E-state index in [1.807, 2.05) is 0 Å². The molecule has 0 aromatic carbocycles. The van der Waals surface area contributed by atoms with Gasteiger partial charge in [-0.05, 0) is 18.2 Å². The molecule has 1 amide bonds. The third kappa shape index (κ3) is 4.47. The smallest absolute Gasteiger partial charge is 0.283 e. The molecular formula is C17H14N6O2. The maximum atomic E-state index is 11.4. The Balaban J connectivity index is 1.98. The molecule has 0 unspecified atom stereocenters. The highest BCUT2D eigenvalue weighted by Gasteiger charge is 2.09. The summed E-state index contributed by atoms with van der Waals surface area (Å²) in [6.07, 6.45) is 15.7. The normalized spacial score (nSPS) is 24.6. The van der Waals surface area contributed by atoms with Crippen LogP contribution >= 0.6 is 0 Å². The third-order valence-corrected chi connectivity index (χ3v) is 3.12. The highest BCUT2D eigenvalue weighted by atomic mass is 16.5. The zero-order valence-corrected chi connectivity index (χ0v) is 13.2. The molecule has 25 heavy (non-hydrogen) atoms. The molecule has 3 rings (SSSR count). The lowest BCUT2D eigenvalue weighted by Crippen LogP contribution is -2.28. The molecule has 0 saturated carbocycles. The van der Waals surface area contributed by atoms with Crippen LogP contribution in [0.2, 0.25) is 0 Å². The molecule has 1 aromatic heterocycles. The highest BCUT2D eigenvalue weighted by Crippen LogP contribution is 2.02. The van der Waals surface area contributed by atoms with Crippen molar-refractivity contribution in [2.45, 2.75) is 0 Å². The summed E-state index contributed by atoms with van der Waals surface area (Å²) < 4.78 is 5.06. The Labute approximate surface area is 143 Å². The van der Waals surface area contributed by atoms with Gasteiger partial charge in [0.15, 0.2) is 17.9 Å². The van der Waals surface area contributed by atoms with Crippen molar-refractivity contribution in [2.75, 3.05) is 13.2 Å². The van der Waals surface area contributed by atoms with Crippen molar-refractivity contribution in [1.29, 1.82) is 0 Å². The van der Waals surface area contributed by atoms with E-state index in [2.05, 4.69) is 29.9 Å². The number of aromatic nitrogens is 2. The van der Waals surface area contributed by atoms with Gasteiger partial charge in [-0.1, -0.05) is 6.08 Å². The van der Waals surface area contributed by atoms with E-state index in [1.165, 1.54) is 25.0 Å². The number of carbonyl (C=O) groups is 1. The summed E-state index contributed by atoms with van der Waals surface area (Å²) >= 11 is 0. The number of rotatable bonds is 0. The van der Waals surface area contributed by atoms with Crippen LogP contribution in [-0.2, 0) is 9.53 Å². The Morgan fingerprint density at radius 3 is 2.88 bits per heavy atom. The predicted molar refractivity (Wildman–Crippen MR) is 94.6 cm³/mol. The van der Waals surface area contributed by atoms with E-state index in [9.17, 15) is 4.79 Å². The van der Waals surface area contributed by atoms with Crippen molar-refractivity contribution in [3.8, 4) is 0 Å². The summed E-state index contributed by atoms with van der Waals surface area (Å²) in [7, 11) is 0. The summed E-state index contributed by atoms with van der Waals surface area (Å²) in [5.74, 6) is 0.152. The number of allylic oxidation sites excluding steroid dienone is 4. The van der Waals surface area contributed by atoms with Crippen LogP contribution in [0.3, 0.4) is 0 Å². The first-order valence-corrected chi connectivity index (χ1v) is 7.46. The average molecular weight is 334 g/mol. The summed E-state index contributed by atoms with van der Waals surface area (Å²) in [5.41, 5.74) is 1.48. The topological polar surface area (TPSA) is 102 Å². The predicted octanol–water partition coefficient (Wildman–Crippen LogP) is 0.245. The first kappa shape index (κ1) is 16.3. The van der Waals surface area contributed by atoms with Gasteiger partial charge in [0.1, 0.15) is 6.33 Å². The lowest BCUT2D eigenvalue weighted by Gasteiger charge is -1.94. The SMILES string of the molecule is O=C1CO\C=C/C=C\C=N/c2ncnc3c2=C(\C=N/C=C\C=N/1)CN=3. The number of amides is 1. The Morgan fingerprint density at radius 1 is 1.00 bits per heavy atom. The van der Waals surface area contributed by atoms with Crippen LogP contribution < -0.4 is 10.7 Å². The molecule has 8 nitrogen and oxygen atoms in total. The molecule has 1 aromatic rings. The minimum absolute atomic E-state index is 0.126. The second-order valence-electron chi connectivity index (χ2n) is 4.83. The second-order valence-corrected chi connectivity index (χ2v) is 4.83. The molecule has 2 aliphatic rings. The lowest BCUT2D eigenvalue weighted by atomic mass is 10.2. The number of ether oxygens (including phenoxy) is 1. The van der Waals surface area contributed by atoms with Gasteiger partial charge in [0.05, 0.1) is 18.0 Å². The fourth-order valence-corrected chi connectivity index (χ4v) is 2.05. The molecule has 2 aliphatic heterocycles. The first-order chi connectivity index (χ1) is 12.3. The Hall–Kier alpha value is -3.55.